The van der Waals surface area contributed by atoms with E-state index in [4.69, 9.17) is 4.12 Å². The fraction of sp³-hybridized carbons (Fsp3) is 0.667. The van der Waals surface area contributed by atoms with Gasteiger partial charge in [-0.15, -0.1) is 0 Å². The zero-order valence-corrected chi connectivity index (χ0v) is 9.38. The fourth-order valence-corrected chi connectivity index (χ4v) is 6.45. The second-order valence-corrected chi connectivity index (χ2v) is 11.5. The monoisotopic (exact) mass is 190 g/mol. The summed E-state index contributed by atoms with van der Waals surface area (Å²) in [6, 6.07) is 0. The van der Waals surface area contributed by atoms with Gasteiger partial charge in [0.25, 0.3) is 0 Å². The largest absolute Gasteiger partial charge is 0.446 e. The first-order valence-corrected chi connectivity index (χ1v) is 9.43. The highest BCUT2D eigenvalue weighted by molar-refractivity contribution is 7.16. The maximum absolute atomic E-state index is 10.5. The van der Waals surface area contributed by atoms with Crippen LogP contribution in [0.4, 0.5) is 0 Å². The fourth-order valence-electron chi connectivity index (χ4n) is 0.736. The van der Waals surface area contributed by atoms with Crippen LogP contribution in [0.3, 0.4) is 0 Å². The molecule has 64 valence electrons. The lowest BCUT2D eigenvalue weighted by molar-refractivity contribution is 0.525. The zero-order chi connectivity index (χ0) is 9.12. The first-order chi connectivity index (χ1) is 4.83. The van der Waals surface area contributed by atoms with Crippen LogP contribution in [-0.2, 0) is 13.7 Å². The van der Waals surface area contributed by atoms with Crippen molar-refractivity contribution in [1.82, 2.24) is 0 Å². The van der Waals surface area contributed by atoms with Gasteiger partial charge in [-0.25, -0.2) is 0 Å². The Morgan fingerprint density at radius 1 is 1.00 bits per heavy atom. The standard InChI is InChI=1S/C6H14O3Si2/c1-10(2,3)9-11(4,5-7)6-8/h5-6H,1-4H3. The highest BCUT2D eigenvalue weighted by Crippen LogP contribution is 2.09. The van der Waals surface area contributed by atoms with Gasteiger partial charge in [0.1, 0.15) is 11.8 Å². The van der Waals surface area contributed by atoms with Gasteiger partial charge in [0.15, 0.2) is 8.32 Å². The van der Waals surface area contributed by atoms with Crippen molar-refractivity contribution >= 4 is 28.5 Å². The third kappa shape index (κ3) is 4.23. The lowest BCUT2D eigenvalue weighted by atomic mass is 11.7. The first-order valence-electron chi connectivity index (χ1n) is 3.46. The summed E-state index contributed by atoms with van der Waals surface area (Å²) in [5.74, 6) is 1.36. The van der Waals surface area contributed by atoms with Crippen LogP contribution < -0.4 is 0 Å². The topological polar surface area (TPSA) is 43.4 Å². The molecule has 0 aliphatic carbocycles. The predicted octanol–water partition coefficient (Wildman–Crippen LogP) is 0.957. The summed E-state index contributed by atoms with van der Waals surface area (Å²) in [7, 11) is -4.37. The Morgan fingerprint density at radius 3 is 1.45 bits per heavy atom. The number of carbonyl (C=O) groups excluding carboxylic acids is 2. The molecule has 0 fully saturated rings. The van der Waals surface area contributed by atoms with Gasteiger partial charge in [0.2, 0.25) is 0 Å². The van der Waals surface area contributed by atoms with Gasteiger partial charge in [-0.1, -0.05) is 0 Å². The Hall–Kier alpha value is -0.266. The lowest BCUT2D eigenvalue weighted by Gasteiger charge is -2.25. The third-order valence-electron chi connectivity index (χ3n) is 0.994. The molecule has 0 saturated carbocycles. The van der Waals surface area contributed by atoms with Crippen molar-refractivity contribution in [2.45, 2.75) is 26.2 Å². The van der Waals surface area contributed by atoms with Crippen molar-refractivity contribution < 1.29 is 13.7 Å². The minimum atomic E-state index is -2.63. The molecule has 0 rings (SSSR count). The maximum atomic E-state index is 10.5. The second-order valence-electron chi connectivity index (χ2n) is 3.63. The summed E-state index contributed by atoms with van der Waals surface area (Å²) in [5, 5.41) is 0. The molecule has 0 bridgehead atoms. The average molecular weight is 190 g/mol. The van der Waals surface area contributed by atoms with Crippen molar-refractivity contribution in [3.05, 3.63) is 0 Å². The van der Waals surface area contributed by atoms with Crippen LogP contribution in [0.2, 0.25) is 26.2 Å². The molecule has 0 aliphatic heterocycles. The van der Waals surface area contributed by atoms with Crippen LogP contribution in [0.15, 0.2) is 0 Å². The zero-order valence-electron chi connectivity index (χ0n) is 7.38. The molecule has 0 spiro atoms. The molecule has 0 radical (unpaired) electrons. The summed E-state index contributed by atoms with van der Waals surface area (Å²) in [5.41, 5.74) is 0. The van der Waals surface area contributed by atoms with E-state index < -0.39 is 16.6 Å². The van der Waals surface area contributed by atoms with Crippen molar-refractivity contribution in [2.75, 3.05) is 0 Å². The number of hydrogen-bond acceptors (Lipinski definition) is 3. The molecule has 0 aromatic carbocycles. The Kier molecular flexibility index (Phi) is 3.34. The molecule has 0 aliphatic rings. The SMILES string of the molecule is C[Si](C)(C)O[Si](C)(C=O)C=O. The van der Waals surface area contributed by atoms with E-state index in [1.807, 2.05) is 19.6 Å². The van der Waals surface area contributed by atoms with Gasteiger partial charge < -0.3 is 13.7 Å². The van der Waals surface area contributed by atoms with Crippen LogP contribution in [-0.4, -0.2) is 28.5 Å². The van der Waals surface area contributed by atoms with E-state index in [1.165, 1.54) is 0 Å². The molecular weight excluding hydrogens is 176 g/mol. The number of carbonyl (C=O) groups is 2. The van der Waals surface area contributed by atoms with E-state index >= 15 is 0 Å². The van der Waals surface area contributed by atoms with Gasteiger partial charge in [0, 0.05) is 0 Å². The summed E-state index contributed by atoms with van der Waals surface area (Å²) < 4.78 is 5.47. The van der Waals surface area contributed by atoms with E-state index in [0.717, 1.165) is 0 Å². The summed E-state index contributed by atoms with van der Waals surface area (Å²) in [6.07, 6.45) is 0. The normalized spacial score (nSPS) is 12.7. The summed E-state index contributed by atoms with van der Waals surface area (Å²) in [6.45, 7) is 7.51. The molecule has 5 heteroatoms. The van der Waals surface area contributed by atoms with Crippen LogP contribution in [0.5, 0.6) is 0 Å². The average Bonchev–Trinajstić information content (AvgIpc) is 1.84. The van der Waals surface area contributed by atoms with Crippen molar-refractivity contribution in [2.24, 2.45) is 0 Å². The molecule has 0 heterocycles. The van der Waals surface area contributed by atoms with E-state index in [0.29, 0.717) is 11.8 Å². The first kappa shape index (κ1) is 10.7. The van der Waals surface area contributed by atoms with E-state index in [2.05, 4.69) is 0 Å². The highest BCUT2D eigenvalue weighted by Gasteiger charge is 2.34. The van der Waals surface area contributed by atoms with Crippen molar-refractivity contribution in [3.8, 4) is 0 Å². The molecule has 0 atom stereocenters. The maximum Gasteiger partial charge on any atom is 0.313 e. The van der Waals surface area contributed by atoms with Gasteiger partial charge in [-0.2, -0.15) is 0 Å². The molecule has 0 unspecified atom stereocenters. The summed E-state index contributed by atoms with van der Waals surface area (Å²) in [4.78, 5) is 20.9. The van der Waals surface area contributed by atoms with Crippen molar-refractivity contribution in [3.63, 3.8) is 0 Å². The lowest BCUT2D eigenvalue weighted by Crippen LogP contribution is -2.48. The van der Waals surface area contributed by atoms with E-state index in [9.17, 15) is 9.59 Å². The Labute approximate surface area is 69.0 Å². The minimum absolute atomic E-state index is 0.679. The van der Waals surface area contributed by atoms with Crippen LogP contribution >= 0.6 is 0 Å². The third-order valence-corrected chi connectivity index (χ3v) is 6.14. The van der Waals surface area contributed by atoms with Crippen LogP contribution in [0.1, 0.15) is 0 Å². The number of hydrogen-bond donors (Lipinski definition) is 0. The second kappa shape index (κ2) is 3.42. The van der Waals surface area contributed by atoms with Crippen LogP contribution in [0, 0.1) is 0 Å². The van der Waals surface area contributed by atoms with Gasteiger partial charge >= 0.3 is 8.32 Å². The molecule has 0 aromatic heterocycles. The summed E-state index contributed by atoms with van der Waals surface area (Å²) >= 11 is 0. The molecule has 3 nitrogen and oxygen atoms in total. The van der Waals surface area contributed by atoms with Gasteiger partial charge in [-0.05, 0) is 26.2 Å². The Balaban J connectivity index is 4.31. The molecular formula is C6H14O3Si2. The van der Waals surface area contributed by atoms with Crippen molar-refractivity contribution in [1.29, 1.82) is 0 Å². The number of rotatable bonds is 4. The van der Waals surface area contributed by atoms with E-state index in [1.54, 1.807) is 6.55 Å². The van der Waals surface area contributed by atoms with E-state index in [-0.39, 0.29) is 0 Å². The quantitative estimate of drug-likeness (QED) is 0.490. The molecule has 0 N–H and O–H groups in total. The smallest absolute Gasteiger partial charge is 0.313 e. The predicted molar refractivity (Wildman–Crippen MR) is 49.6 cm³/mol. The minimum Gasteiger partial charge on any atom is -0.446 e. The molecule has 0 amide bonds. The highest BCUT2D eigenvalue weighted by atomic mass is 28.4. The molecule has 0 saturated heterocycles. The Bertz CT molecular complexity index is 154. The van der Waals surface area contributed by atoms with Gasteiger partial charge in [0.05, 0.1) is 0 Å². The molecule has 0 aromatic rings. The van der Waals surface area contributed by atoms with Crippen LogP contribution in [0.25, 0.3) is 0 Å². The van der Waals surface area contributed by atoms with Gasteiger partial charge in [-0.3, -0.25) is 0 Å². The molecule has 11 heavy (non-hydrogen) atoms. The Morgan fingerprint density at radius 2 is 1.36 bits per heavy atom.